The molecule has 0 bridgehead atoms. The number of hydrogen-bond acceptors (Lipinski definition) is 2. The van der Waals surface area contributed by atoms with Crippen LogP contribution in [0.4, 0.5) is 5.69 Å². The van der Waals surface area contributed by atoms with Crippen molar-refractivity contribution in [3.63, 3.8) is 0 Å². The van der Waals surface area contributed by atoms with E-state index in [2.05, 4.69) is 41.3 Å². The largest absolute Gasteiger partial charge is 0.195 e. The lowest BCUT2D eigenvalue weighted by molar-refractivity contribution is 0.155. The first kappa shape index (κ1) is 25.6. The van der Waals surface area contributed by atoms with Crippen LogP contribution >= 0.6 is 12.2 Å². The molecule has 0 spiro atoms. The van der Waals surface area contributed by atoms with Gasteiger partial charge in [0.1, 0.15) is 0 Å². The quantitative estimate of drug-likeness (QED) is 0.164. The first-order valence-corrected chi connectivity index (χ1v) is 14.4. The second-order valence-corrected chi connectivity index (χ2v) is 11.0. The van der Waals surface area contributed by atoms with E-state index in [-0.39, 0.29) is 0 Å². The summed E-state index contributed by atoms with van der Waals surface area (Å²) in [6.45, 7) is 2.31. The normalized spacial score (nSPS) is 25.9. The van der Waals surface area contributed by atoms with Crippen molar-refractivity contribution in [2.24, 2.45) is 22.7 Å². The number of hydrogen-bond donors (Lipinski definition) is 0. The third-order valence-corrected chi connectivity index (χ3v) is 8.68. The fraction of sp³-hybridized carbons (Fsp3) is 0.767. The fourth-order valence-corrected chi connectivity index (χ4v) is 6.60. The minimum absolute atomic E-state index is 0.750. The lowest BCUT2D eigenvalue weighted by Gasteiger charge is -2.38. The summed E-state index contributed by atoms with van der Waals surface area (Å²) in [6, 6.07) is 8.70. The van der Waals surface area contributed by atoms with Crippen LogP contribution in [0.2, 0.25) is 0 Å². The van der Waals surface area contributed by atoms with Crippen LogP contribution in [0.3, 0.4) is 0 Å². The maximum atomic E-state index is 4.71. The molecule has 0 unspecified atom stereocenters. The minimum Gasteiger partial charge on any atom is -0.195 e. The lowest BCUT2D eigenvalue weighted by atomic mass is 9.68. The van der Waals surface area contributed by atoms with Crippen LogP contribution in [0.5, 0.6) is 0 Å². The van der Waals surface area contributed by atoms with E-state index in [0.29, 0.717) is 0 Å². The third-order valence-electron chi connectivity index (χ3n) is 8.59. The molecule has 3 rings (SSSR count). The van der Waals surface area contributed by atoms with Crippen LogP contribution in [0.1, 0.15) is 134 Å². The molecule has 1 aromatic rings. The fourth-order valence-electron chi connectivity index (χ4n) is 6.49. The van der Waals surface area contributed by atoms with Crippen LogP contribution in [-0.4, -0.2) is 5.16 Å². The molecule has 0 amide bonds. The molecule has 1 aromatic carbocycles. The molecule has 0 aliphatic heterocycles. The van der Waals surface area contributed by atoms with Gasteiger partial charge in [0, 0.05) is 0 Å². The summed E-state index contributed by atoms with van der Waals surface area (Å²) in [5.41, 5.74) is 2.42. The molecule has 0 N–H and O–H groups in total. The van der Waals surface area contributed by atoms with E-state index in [1.54, 1.807) is 0 Å². The Balaban J connectivity index is 1.25. The van der Waals surface area contributed by atoms with Gasteiger partial charge in [-0.2, -0.15) is 4.99 Å². The number of rotatable bonds is 13. The van der Waals surface area contributed by atoms with E-state index in [9.17, 15) is 0 Å². The second kappa shape index (κ2) is 15.0. The smallest absolute Gasteiger partial charge is 0.0739 e. The summed E-state index contributed by atoms with van der Waals surface area (Å²) >= 11 is 4.71. The van der Waals surface area contributed by atoms with Crippen molar-refractivity contribution in [3.8, 4) is 0 Å². The SMILES string of the molecule is CCCCCCCCCCCC1CCC(C2CCC(c3ccc(N=C=S)cc3)CC2)CC1. The molecule has 1 nitrogen and oxygen atoms in total. The van der Waals surface area contributed by atoms with Crippen LogP contribution in [0.15, 0.2) is 29.3 Å². The lowest BCUT2D eigenvalue weighted by Crippen LogP contribution is -2.25. The van der Waals surface area contributed by atoms with Crippen molar-refractivity contribution in [3.05, 3.63) is 29.8 Å². The summed E-state index contributed by atoms with van der Waals surface area (Å²) in [5.74, 6) is 3.81. The predicted molar refractivity (Wildman–Crippen MR) is 143 cm³/mol. The Labute approximate surface area is 203 Å². The number of unbranched alkanes of at least 4 members (excludes halogenated alkanes) is 8. The maximum absolute atomic E-state index is 4.71. The van der Waals surface area contributed by atoms with Crippen LogP contribution < -0.4 is 0 Å². The summed E-state index contributed by atoms with van der Waals surface area (Å²) in [4.78, 5) is 4.08. The Kier molecular flexibility index (Phi) is 12.0. The molecule has 0 saturated heterocycles. The average Bonchev–Trinajstić information content (AvgIpc) is 2.84. The van der Waals surface area contributed by atoms with Crippen molar-refractivity contribution in [1.82, 2.24) is 0 Å². The highest BCUT2D eigenvalue weighted by atomic mass is 32.1. The van der Waals surface area contributed by atoms with Gasteiger partial charge in [-0.15, -0.1) is 0 Å². The van der Waals surface area contributed by atoms with Gasteiger partial charge >= 0.3 is 0 Å². The maximum Gasteiger partial charge on any atom is 0.0739 e. The van der Waals surface area contributed by atoms with E-state index in [1.165, 1.54) is 121 Å². The number of thiocarbonyl (C=S) groups is 1. The van der Waals surface area contributed by atoms with Gasteiger partial charge in [0.15, 0.2) is 0 Å². The van der Waals surface area contributed by atoms with E-state index in [0.717, 1.165) is 29.4 Å². The zero-order chi connectivity index (χ0) is 22.4. The Hall–Kier alpha value is -0.980. The predicted octanol–water partition coefficient (Wildman–Crippen LogP) is 10.4. The minimum atomic E-state index is 0.750. The van der Waals surface area contributed by atoms with Gasteiger partial charge in [-0.05, 0) is 92.1 Å². The summed E-state index contributed by atoms with van der Waals surface area (Å²) in [7, 11) is 0. The standard InChI is InChI=1S/C30H47NS/c1-2-3-4-5-6-7-8-9-10-11-25-12-14-26(15-13-25)27-16-18-28(19-17-27)29-20-22-30(23-21-29)31-24-32/h20-23,25-28H,2-19H2,1H3. The second-order valence-electron chi connectivity index (χ2n) is 10.8. The van der Waals surface area contributed by atoms with E-state index >= 15 is 0 Å². The zero-order valence-corrected chi connectivity index (χ0v) is 21.5. The Morgan fingerprint density at radius 1 is 0.719 bits per heavy atom. The molecular weight excluding hydrogens is 406 g/mol. The number of isothiocyanates is 1. The highest BCUT2D eigenvalue weighted by Crippen LogP contribution is 2.44. The highest BCUT2D eigenvalue weighted by Gasteiger charge is 2.31. The molecule has 178 valence electrons. The number of benzene rings is 1. The molecule has 0 aromatic heterocycles. The van der Waals surface area contributed by atoms with Crippen molar-refractivity contribution < 1.29 is 0 Å². The number of aliphatic imine (C=N–C) groups is 1. The molecule has 2 saturated carbocycles. The first-order valence-electron chi connectivity index (χ1n) is 14.0. The van der Waals surface area contributed by atoms with E-state index < -0.39 is 0 Å². The third kappa shape index (κ3) is 8.75. The van der Waals surface area contributed by atoms with E-state index in [1.807, 2.05) is 0 Å². The molecule has 2 aliphatic carbocycles. The number of nitrogens with zero attached hydrogens (tertiary/aromatic N) is 1. The molecule has 0 radical (unpaired) electrons. The van der Waals surface area contributed by atoms with Gasteiger partial charge in [-0.1, -0.05) is 96.1 Å². The monoisotopic (exact) mass is 453 g/mol. The Bertz CT molecular complexity index is 659. The van der Waals surface area contributed by atoms with Gasteiger partial charge in [0.25, 0.3) is 0 Å². The molecular formula is C30H47NS. The van der Waals surface area contributed by atoms with Crippen LogP contribution in [0.25, 0.3) is 0 Å². The Morgan fingerprint density at radius 3 is 1.81 bits per heavy atom. The van der Waals surface area contributed by atoms with Gasteiger partial charge in [-0.25, -0.2) is 0 Å². The van der Waals surface area contributed by atoms with E-state index in [4.69, 9.17) is 12.2 Å². The summed E-state index contributed by atoms with van der Waals surface area (Å²) in [5, 5.41) is 2.46. The summed E-state index contributed by atoms with van der Waals surface area (Å²) in [6.07, 6.45) is 26.3. The van der Waals surface area contributed by atoms with Gasteiger partial charge in [0.2, 0.25) is 0 Å². The zero-order valence-electron chi connectivity index (χ0n) is 20.7. The topological polar surface area (TPSA) is 12.4 Å². The molecule has 0 atom stereocenters. The van der Waals surface area contributed by atoms with Crippen molar-refractivity contribution in [2.45, 2.75) is 128 Å². The average molecular weight is 454 g/mol. The molecule has 0 heterocycles. The van der Waals surface area contributed by atoms with Gasteiger partial charge < -0.3 is 0 Å². The molecule has 32 heavy (non-hydrogen) atoms. The first-order chi connectivity index (χ1) is 15.8. The van der Waals surface area contributed by atoms with Crippen molar-refractivity contribution >= 4 is 23.1 Å². The van der Waals surface area contributed by atoms with Crippen molar-refractivity contribution in [1.29, 1.82) is 0 Å². The van der Waals surface area contributed by atoms with Crippen LogP contribution in [0, 0.1) is 17.8 Å². The van der Waals surface area contributed by atoms with Gasteiger partial charge in [0.05, 0.1) is 10.8 Å². The molecule has 2 fully saturated rings. The van der Waals surface area contributed by atoms with Crippen molar-refractivity contribution in [2.75, 3.05) is 0 Å². The molecule has 2 aliphatic rings. The Morgan fingerprint density at radius 2 is 1.25 bits per heavy atom. The summed E-state index contributed by atoms with van der Waals surface area (Å²) < 4.78 is 0. The van der Waals surface area contributed by atoms with Gasteiger partial charge in [-0.3, -0.25) is 0 Å². The van der Waals surface area contributed by atoms with Crippen LogP contribution in [-0.2, 0) is 0 Å². The highest BCUT2D eigenvalue weighted by molar-refractivity contribution is 7.78. The molecule has 2 heteroatoms.